The van der Waals surface area contributed by atoms with Crippen molar-refractivity contribution >= 4 is 17.3 Å². The highest BCUT2D eigenvalue weighted by Crippen LogP contribution is 2.29. The van der Waals surface area contributed by atoms with Crippen molar-refractivity contribution in [3.05, 3.63) is 69.4 Å². The molecule has 0 fully saturated rings. The molecule has 7 nitrogen and oxygen atoms in total. The summed E-state index contributed by atoms with van der Waals surface area (Å²) in [7, 11) is 1.60. The van der Waals surface area contributed by atoms with Crippen LogP contribution in [0.2, 0.25) is 5.02 Å². The van der Waals surface area contributed by atoms with E-state index in [0.717, 1.165) is 11.3 Å². The zero-order valence-electron chi connectivity index (χ0n) is 13.1. The lowest BCUT2D eigenvalue weighted by Gasteiger charge is -2.05. The molecule has 0 N–H and O–H groups in total. The van der Waals surface area contributed by atoms with Crippen molar-refractivity contribution in [3.8, 4) is 22.8 Å². The van der Waals surface area contributed by atoms with E-state index in [1.807, 2.05) is 24.3 Å². The highest BCUT2D eigenvalue weighted by molar-refractivity contribution is 6.32. The van der Waals surface area contributed by atoms with E-state index in [9.17, 15) is 10.1 Å². The number of methoxy groups -OCH3 is 1. The molecule has 3 aromatic rings. The quantitative estimate of drug-likeness (QED) is 0.475. The molecule has 0 aliphatic carbocycles. The molecule has 0 saturated heterocycles. The molecule has 0 atom stereocenters. The second-order valence-corrected chi connectivity index (χ2v) is 5.47. The molecule has 0 saturated carbocycles. The Morgan fingerprint density at radius 3 is 2.60 bits per heavy atom. The van der Waals surface area contributed by atoms with E-state index in [4.69, 9.17) is 25.6 Å². The molecule has 2 aromatic carbocycles. The van der Waals surface area contributed by atoms with Gasteiger partial charge in [0.15, 0.2) is 5.76 Å². The molecule has 25 heavy (non-hydrogen) atoms. The van der Waals surface area contributed by atoms with Gasteiger partial charge in [0.2, 0.25) is 0 Å². The fourth-order valence-corrected chi connectivity index (χ4v) is 2.38. The summed E-state index contributed by atoms with van der Waals surface area (Å²) in [6.45, 7) is 0.0979. The number of nitrogens with zero attached hydrogens (tertiary/aromatic N) is 2. The summed E-state index contributed by atoms with van der Waals surface area (Å²) in [6.07, 6.45) is 0. The van der Waals surface area contributed by atoms with Crippen molar-refractivity contribution in [3.63, 3.8) is 0 Å². The number of ether oxygens (including phenoxy) is 2. The Balaban J connectivity index is 1.68. The van der Waals surface area contributed by atoms with Crippen molar-refractivity contribution in [2.45, 2.75) is 6.61 Å². The molecule has 0 aliphatic rings. The minimum absolute atomic E-state index is 0.0979. The van der Waals surface area contributed by atoms with Gasteiger partial charge >= 0.3 is 0 Å². The van der Waals surface area contributed by atoms with Gasteiger partial charge in [0.25, 0.3) is 5.69 Å². The van der Waals surface area contributed by atoms with Crippen LogP contribution in [0.4, 0.5) is 5.69 Å². The molecular weight excluding hydrogens is 348 g/mol. The molecule has 128 valence electrons. The molecule has 0 bridgehead atoms. The Bertz CT molecular complexity index is 892. The van der Waals surface area contributed by atoms with Crippen LogP contribution >= 0.6 is 11.6 Å². The highest BCUT2D eigenvalue weighted by atomic mass is 35.5. The standard InChI is InChI=1S/C17H13ClN2O5/c1-23-13-5-2-11(3-6-13)16-9-14(25-19-16)10-24-17-7-4-12(20(21)22)8-15(17)18/h2-9H,10H2,1H3. The van der Waals surface area contributed by atoms with Gasteiger partial charge in [-0.05, 0) is 30.3 Å². The third-order valence-electron chi connectivity index (χ3n) is 3.44. The first-order chi connectivity index (χ1) is 12.1. The Morgan fingerprint density at radius 2 is 1.96 bits per heavy atom. The van der Waals surface area contributed by atoms with E-state index >= 15 is 0 Å². The second-order valence-electron chi connectivity index (χ2n) is 5.07. The van der Waals surface area contributed by atoms with Gasteiger partial charge in [-0.2, -0.15) is 0 Å². The van der Waals surface area contributed by atoms with Gasteiger partial charge in [-0.25, -0.2) is 0 Å². The van der Waals surface area contributed by atoms with Crippen LogP contribution in [0.25, 0.3) is 11.3 Å². The molecule has 8 heteroatoms. The van der Waals surface area contributed by atoms with Crippen LogP contribution in [0.5, 0.6) is 11.5 Å². The third-order valence-corrected chi connectivity index (χ3v) is 3.74. The van der Waals surface area contributed by atoms with Crippen LogP contribution < -0.4 is 9.47 Å². The number of non-ortho nitro benzene ring substituents is 1. The molecule has 0 radical (unpaired) electrons. The van der Waals surface area contributed by atoms with Gasteiger partial charge in [0.1, 0.15) is 23.8 Å². The number of halogens is 1. The van der Waals surface area contributed by atoms with E-state index in [1.54, 1.807) is 13.2 Å². The lowest BCUT2D eigenvalue weighted by Crippen LogP contribution is -1.95. The van der Waals surface area contributed by atoms with Gasteiger partial charge in [0.05, 0.1) is 17.1 Å². The topological polar surface area (TPSA) is 87.6 Å². The molecular formula is C17H13ClN2O5. The molecule has 3 rings (SSSR count). The van der Waals surface area contributed by atoms with E-state index in [1.165, 1.54) is 18.2 Å². The first kappa shape index (κ1) is 16.8. The largest absolute Gasteiger partial charge is 0.497 e. The minimum Gasteiger partial charge on any atom is -0.497 e. The lowest BCUT2D eigenvalue weighted by molar-refractivity contribution is -0.384. The minimum atomic E-state index is -0.521. The Kier molecular flexibility index (Phi) is 4.85. The average molecular weight is 361 g/mol. The number of nitro groups is 1. The number of nitro benzene ring substituents is 1. The van der Waals surface area contributed by atoms with Crippen LogP contribution in [-0.4, -0.2) is 17.2 Å². The predicted octanol–water partition coefficient (Wildman–Crippen LogP) is 4.49. The normalized spacial score (nSPS) is 10.5. The van der Waals surface area contributed by atoms with Crippen molar-refractivity contribution in [1.82, 2.24) is 5.16 Å². The first-order valence-corrected chi connectivity index (χ1v) is 7.61. The molecule has 0 unspecified atom stereocenters. The fourth-order valence-electron chi connectivity index (χ4n) is 2.15. The lowest BCUT2D eigenvalue weighted by atomic mass is 10.1. The summed E-state index contributed by atoms with van der Waals surface area (Å²) in [5.41, 5.74) is 1.44. The van der Waals surface area contributed by atoms with Crippen molar-refractivity contribution in [2.75, 3.05) is 7.11 Å². The van der Waals surface area contributed by atoms with Crippen LogP contribution in [0.3, 0.4) is 0 Å². The van der Waals surface area contributed by atoms with Crippen LogP contribution in [0, 0.1) is 10.1 Å². The smallest absolute Gasteiger partial charge is 0.271 e. The molecule has 1 aromatic heterocycles. The maximum atomic E-state index is 10.7. The number of aromatic nitrogens is 1. The monoisotopic (exact) mass is 360 g/mol. The number of benzene rings is 2. The van der Waals surface area contributed by atoms with Crippen molar-refractivity contribution < 1.29 is 18.9 Å². The molecule has 0 amide bonds. The maximum absolute atomic E-state index is 10.7. The fraction of sp³-hybridized carbons (Fsp3) is 0.118. The van der Waals surface area contributed by atoms with Crippen LogP contribution in [0.15, 0.2) is 53.1 Å². The summed E-state index contributed by atoms with van der Waals surface area (Å²) < 4.78 is 15.9. The van der Waals surface area contributed by atoms with Gasteiger partial charge in [0, 0.05) is 23.8 Å². The van der Waals surface area contributed by atoms with E-state index in [2.05, 4.69) is 5.16 Å². The Morgan fingerprint density at radius 1 is 1.20 bits per heavy atom. The molecule has 0 spiro atoms. The summed E-state index contributed by atoms with van der Waals surface area (Å²) in [5, 5.41) is 14.8. The third kappa shape index (κ3) is 3.89. The average Bonchev–Trinajstić information content (AvgIpc) is 3.09. The van der Waals surface area contributed by atoms with E-state index < -0.39 is 4.92 Å². The number of hydrogen-bond acceptors (Lipinski definition) is 6. The van der Waals surface area contributed by atoms with Crippen LogP contribution in [-0.2, 0) is 6.61 Å². The van der Waals surface area contributed by atoms with Gasteiger partial charge in [-0.15, -0.1) is 0 Å². The summed E-state index contributed by atoms with van der Waals surface area (Å²) in [6, 6.07) is 13.2. The number of hydrogen-bond donors (Lipinski definition) is 0. The Labute approximate surface area is 147 Å². The Hall–Kier alpha value is -3.06. The molecule has 0 aliphatic heterocycles. The zero-order valence-corrected chi connectivity index (χ0v) is 13.9. The predicted molar refractivity (Wildman–Crippen MR) is 90.9 cm³/mol. The summed E-state index contributed by atoms with van der Waals surface area (Å²) in [4.78, 5) is 10.2. The second kappa shape index (κ2) is 7.23. The summed E-state index contributed by atoms with van der Waals surface area (Å²) >= 11 is 5.98. The molecule has 1 heterocycles. The van der Waals surface area contributed by atoms with Crippen molar-refractivity contribution in [2.24, 2.45) is 0 Å². The van der Waals surface area contributed by atoms with Crippen molar-refractivity contribution in [1.29, 1.82) is 0 Å². The number of rotatable bonds is 6. The zero-order chi connectivity index (χ0) is 17.8. The maximum Gasteiger partial charge on any atom is 0.271 e. The van der Waals surface area contributed by atoms with Gasteiger partial charge in [-0.3, -0.25) is 10.1 Å². The van der Waals surface area contributed by atoms with E-state index in [-0.39, 0.29) is 17.3 Å². The van der Waals surface area contributed by atoms with E-state index in [0.29, 0.717) is 17.2 Å². The van der Waals surface area contributed by atoms with Gasteiger partial charge < -0.3 is 14.0 Å². The summed E-state index contributed by atoms with van der Waals surface area (Å²) in [5.74, 6) is 1.58. The first-order valence-electron chi connectivity index (χ1n) is 7.23. The van der Waals surface area contributed by atoms with Gasteiger partial charge in [-0.1, -0.05) is 16.8 Å². The van der Waals surface area contributed by atoms with Crippen LogP contribution in [0.1, 0.15) is 5.76 Å². The highest BCUT2D eigenvalue weighted by Gasteiger charge is 2.12. The SMILES string of the molecule is COc1ccc(-c2cc(COc3ccc([N+](=O)[O-])cc3Cl)on2)cc1.